The van der Waals surface area contributed by atoms with Gasteiger partial charge in [-0.05, 0) is 30.3 Å². The summed E-state index contributed by atoms with van der Waals surface area (Å²) in [6, 6.07) is 9.89. The van der Waals surface area contributed by atoms with Crippen molar-refractivity contribution in [2.24, 2.45) is 0 Å². The first-order valence-electron chi connectivity index (χ1n) is 5.93. The molecule has 0 aliphatic rings. The Kier molecular flexibility index (Phi) is 4.13. The Morgan fingerprint density at radius 3 is 2.57 bits per heavy atom. The summed E-state index contributed by atoms with van der Waals surface area (Å²) >= 11 is 0. The molecule has 1 radical (unpaired) electrons. The molecule has 3 N–H and O–H groups in total. The molecule has 7 heteroatoms. The van der Waals surface area contributed by atoms with Crippen molar-refractivity contribution < 1.29 is 22.3 Å². The molecular weight excluding hydrogens is 300 g/mol. The molecule has 0 spiro atoms. The Labute approximate surface area is 120 Å². The van der Waals surface area contributed by atoms with Gasteiger partial charge in [-0.1, -0.05) is 6.07 Å². The summed E-state index contributed by atoms with van der Waals surface area (Å²) in [5, 5.41) is 9.51. The van der Waals surface area contributed by atoms with E-state index in [0.29, 0.717) is 0 Å². The minimum atomic E-state index is -3.93. The molecule has 0 aromatic heterocycles. The summed E-state index contributed by atoms with van der Waals surface area (Å²) in [6.07, 6.45) is -3.41. The van der Waals surface area contributed by atoms with Crippen molar-refractivity contribution in [2.45, 2.75) is 22.6 Å². The van der Waals surface area contributed by atoms with Crippen molar-refractivity contribution in [3.63, 3.8) is 0 Å². The van der Waals surface area contributed by atoms with E-state index in [9.17, 15) is 22.3 Å². The van der Waals surface area contributed by atoms with Crippen LogP contribution in [0.25, 0.3) is 0 Å². The molecule has 0 atom stereocenters. The highest BCUT2D eigenvalue weighted by Crippen LogP contribution is 2.27. The van der Waals surface area contributed by atoms with Crippen LogP contribution >= 0.6 is 0 Å². The predicted molar refractivity (Wildman–Crippen MR) is 73.0 cm³/mol. The first-order valence-corrected chi connectivity index (χ1v) is 7.41. The second-order valence-corrected chi connectivity index (χ2v) is 6.29. The predicted octanol–water partition coefficient (Wildman–Crippen LogP) is 2.41. The highest BCUT2D eigenvalue weighted by atomic mass is 32.2. The summed E-state index contributed by atoms with van der Waals surface area (Å²) < 4.78 is 49.6. The van der Waals surface area contributed by atoms with Gasteiger partial charge in [-0.15, -0.1) is 0 Å². The van der Waals surface area contributed by atoms with Crippen LogP contribution in [0.3, 0.4) is 0 Å². The topological polar surface area (TPSA) is 80.4 Å². The van der Waals surface area contributed by atoms with Crippen LogP contribution in [0.2, 0.25) is 0 Å². The van der Waals surface area contributed by atoms with E-state index in [0.717, 1.165) is 18.2 Å². The van der Waals surface area contributed by atoms with Crippen LogP contribution in [0.5, 0.6) is 5.75 Å². The van der Waals surface area contributed by atoms with Crippen molar-refractivity contribution in [2.75, 3.05) is 5.73 Å². The Morgan fingerprint density at radius 2 is 1.95 bits per heavy atom. The normalized spacial score (nSPS) is 11.8. The number of sulfone groups is 1. The monoisotopic (exact) mass is 312 g/mol. The van der Waals surface area contributed by atoms with Gasteiger partial charge in [0.25, 0.3) is 0 Å². The molecule has 21 heavy (non-hydrogen) atoms. The van der Waals surface area contributed by atoms with Gasteiger partial charge in [-0.3, -0.25) is 0 Å². The maximum atomic E-state index is 12.4. The van der Waals surface area contributed by atoms with Crippen molar-refractivity contribution >= 4 is 15.5 Å². The number of aromatic hydroxyl groups is 1. The summed E-state index contributed by atoms with van der Waals surface area (Å²) in [5.41, 5.74) is 5.65. The lowest BCUT2D eigenvalue weighted by Crippen LogP contribution is -2.05. The van der Waals surface area contributed by atoms with E-state index in [-0.39, 0.29) is 26.8 Å². The minimum Gasteiger partial charge on any atom is -0.508 e. The maximum Gasteiger partial charge on any atom is 0.242 e. The third-order valence-electron chi connectivity index (χ3n) is 2.82. The van der Waals surface area contributed by atoms with E-state index in [1.165, 1.54) is 18.2 Å². The Bertz CT molecular complexity index is 761. The van der Waals surface area contributed by atoms with Gasteiger partial charge in [0, 0.05) is 23.7 Å². The van der Waals surface area contributed by atoms with Gasteiger partial charge in [-0.25, -0.2) is 17.2 Å². The fourth-order valence-corrected chi connectivity index (χ4v) is 3.12. The summed E-state index contributed by atoms with van der Waals surface area (Å²) in [5.74, 6) is -0.370. The zero-order chi connectivity index (χ0) is 15.6. The second-order valence-electron chi connectivity index (χ2n) is 4.38. The molecule has 0 saturated carbocycles. The third-order valence-corrected chi connectivity index (χ3v) is 4.51. The average molecular weight is 312 g/mol. The standard InChI is InChI=1S/C14H12F2NO3S/c15-14(16)7-9-6-12(4-5-13(9)18)21(19,20)11-3-1-2-10(17)8-11/h1-2,4-6,8,14,18H,7,17H2. The summed E-state index contributed by atoms with van der Waals surface area (Å²) in [4.78, 5) is -0.353. The lowest BCUT2D eigenvalue weighted by atomic mass is 10.1. The van der Waals surface area contributed by atoms with Crippen LogP contribution in [-0.4, -0.2) is 19.9 Å². The lowest BCUT2D eigenvalue weighted by Gasteiger charge is -2.09. The second kappa shape index (κ2) is 5.69. The SMILES string of the molecule is Nc1cc[c]c(S(=O)(=O)c2ccc(O)c(CC(F)F)c2)c1. The molecule has 0 fully saturated rings. The van der Waals surface area contributed by atoms with E-state index in [1.807, 2.05) is 0 Å². The number of halogens is 2. The number of anilines is 1. The molecule has 2 aromatic rings. The smallest absolute Gasteiger partial charge is 0.242 e. The summed E-state index contributed by atoms with van der Waals surface area (Å²) in [7, 11) is -3.93. The maximum absolute atomic E-state index is 12.4. The molecule has 0 bridgehead atoms. The van der Waals surface area contributed by atoms with Crippen LogP contribution in [-0.2, 0) is 16.3 Å². The molecule has 0 amide bonds. The number of phenolic OH excluding ortho intramolecular Hbond substituents is 1. The number of benzene rings is 2. The fraction of sp³-hybridized carbons (Fsp3) is 0.143. The van der Waals surface area contributed by atoms with Crippen molar-refractivity contribution in [1.82, 2.24) is 0 Å². The van der Waals surface area contributed by atoms with Gasteiger partial charge in [0.2, 0.25) is 16.3 Å². The number of hydrogen-bond donors (Lipinski definition) is 2. The van der Waals surface area contributed by atoms with E-state index in [4.69, 9.17) is 5.73 Å². The van der Waals surface area contributed by atoms with E-state index < -0.39 is 22.7 Å². The highest BCUT2D eigenvalue weighted by Gasteiger charge is 2.20. The number of hydrogen-bond acceptors (Lipinski definition) is 4. The van der Waals surface area contributed by atoms with Gasteiger partial charge >= 0.3 is 0 Å². The molecule has 0 unspecified atom stereocenters. The zero-order valence-electron chi connectivity index (χ0n) is 10.8. The quantitative estimate of drug-likeness (QED) is 0.850. The van der Waals surface area contributed by atoms with E-state index >= 15 is 0 Å². The number of rotatable bonds is 4. The average Bonchev–Trinajstić information content (AvgIpc) is 2.40. The van der Waals surface area contributed by atoms with Crippen molar-refractivity contribution in [3.05, 3.63) is 48.0 Å². The van der Waals surface area contributed by atoms with Crippen LogP contribution < -0.4 is 5.73 Å². The molecule has 0 aliphatic carbocycles. The molecule has 2 rings (SSSR count). The molecule has 0 heterocycles. The molecular formula is C14H12F2NO3S. The van der Waals surface area contributed by atoms with Crippen LogP contribution in [0.1, 0.15) is 5.56 Å². The number of nitrogen functional groups attached to an aromatic ring is 1. The van der Waals surface area contributed by atoms with Crippen LogP contribution in [0.15, 0.2) is 46.2 Å². The molecule has 2 aromatic carbocycles. The number of alkyl halides is 2. The zero-order valence-corrected chi connectivity index (χ0v) is 11.6. The van der Waals surface area contributed by atoms with Gasteiger partial charge in [0.1, 0.15) is 5.75 Å². The minimum absolute atomic E-state index is 0.130. The Morgan fingerprint density at radius 1 is 1.24 bits per heavy atom. The third kappa shape index (κ3) is 3.30. The van der Waals surface area contributed by atoms with Crippen molar-refractivity contribution in [1.29, 1.82) is 0 Å². The first-order chi connectivity index (χ1) is 9.80. The Hall–Kier alpha value is -2.15. The van der Waals surface area contributed by atoms with Gasteiger partial charge in [0.05, 0.1) is 9.79 Å². The molecule has 4 nitrogen and oxygen atoms in total. The van der Waals surface area contributed by atoms with Crippen molar-refractivity contribution in [3.8, 4) is 5.75 Å². The molecule has 0 aliphatic heterocycles. The molecule has 111 valence electrons. The molecule has 0 saturated heterocycles. The lowest BCUT2D eigenvalue weighted by molar-refractivity contribution is 0.148. The first kappa shape index (κ1) is 15.2. The Balaban J connectivity index is 2.50. The highest BCUT2D eigenvalue weighted by molar-refractivity contribution is 7.91. The van der Waals surface area contributed by atoms with Crippen LogP contribution in [0.4, 0.5) is 14.5 Å². The van der Waals surface area contributed by atoms with E-state index in [1.54, 1.807) is 0 Å². The fourth-order valence-electron chi connectivity index (χ4n) is 1.80. The number of nitrogens with two attached hydrogens (primary N) is 1. The van der Waals surface area contributed by atoms with Gasteiger partial charge < -0.3 is 10.8 Å². The van der Waals surface area contributed by atoms with Gasteiger partial charge in [0.15, 0.2) is 0 Å². The van der Waals surface area contributed by atoms with Gasteiger partial charge in [-0.2, -0.15) is 0 Å². The largest absolute Gasteiger partial charge is 0.508 e. The summed E-state index contributed by atoms with van der Waals surface area (Å²) in [6.45, 7) is 0. The van der Waals surface area contributed by atoms with E-state index in [2.05, 4.69) is 6.07 Å². The van der Waals surface area contributed by atoms with Crippen LogP contribution in [0, 0.1) is 6.07 Å². The number of phenols is 1.